The molecule has 1 atom stereocenters. The Balaban J connectivity index is 1.60. The van der Waals surface area contributed by atoms with Crippen LogP contribution in [0.4, 0.5) is 9.59 Å². The molecule has 1 aromatic heterocycles. The first-order valence-electron chi connectivity index (χ1n) is 7.12. The van der Waals surface area contributed by atoms with Gasteiger partial charge in [0, 0.05) is 32.0 Å². The van der Waals surface area contributed by atoms with Crippen molar-refractivity contribution in [1.29, 1.82) is 0 Å². The maximum absolute atomic E-state index is 12.4. The van der Waals surface area contributed by atoms with Crippen molar-refractivity contribution in [3.05, 3.63) is 16.9 Å². The van der Waals surface area contributed by atoms with E-state index in [4.69, 9.17) is 4.74 Å². The molecule has 2 aliphatic rings. The number of carbonyl (C=O) groups is 2. The van der Waals surface area contributed by atoms with Crippen molar-refractivity contribution in [2.75, 3.05) is 26.2 Å². The number of hydrogen-bond acceptors (Lipinski definition) is 5. The molecule has 2 saturated heterocycles. The molecule has 22 heavy (non-hydrogen) atoms. The number of ether oxygens (including phenoxy) is 1. The van der Waals surface area contributed by atoms with Crippen LogP contribution >= 0.6 is 15.9 Å². The predicted molar refractivity (Wildman–Crippen MR) is 80.5 cm³/mol. The van der Waals surface area contributed by atoms with Gasteiger partial charge in [0.1, 0.15) is 6.10 Å². The van der Waals surface area contributed by atoms with Crippen molar-refractivity contribution in [3.63, 3.8) is 0 Å². The molecule has 3 heterocycles. The van der Waals surface area contributed by atoms with E-state index in [1.165, 1.54) is 4.90 Å². The van der Waals surface area contributed by atoms with E-state index in [-0.39, 0.29) is 18.2 Å². The molecule has 0 spiro atoms. The van der Waals surface area contributed by atoms with Gasteiger partial charge in [-0.3, -0.25) is 0 Å². The van der Waals surface area contributed by atoms with E-state index in [2.05, 4.69) is 31.2 Å². The third kappa shape index (κ3) is 3.29. The highest BCUT2D eigenvalue weighted by Crippen LogP contribution is 2.18. The monoisotopic (exact) mass is 369 g/mol. The summed E-state index contributed by atoms with van der Waals surface area (Å²) in [5, 5.41) is 2.63. The van der Waals surface area contributed by atoms with E-state index in [0.717, 1.165) is 17.3 Å². The van der Waals surface area contributed by atoms with Crippen molar-refractivity contribution in [3.8, 4) is 6.01 Å². The lowest BCUT2D eigenvalue weighted by molar-refractivity contribution is 0.0848. The number of aromatic nitrogens is 2. The van der Waals surface area contributed by atoms with E-state index >= 15 is 0 Å². The Morgan fingerprint density at radius 3 is 2.82 bits per heavy atom. The van der Waals surface area contributed by atoms with Crippen molar-refractivity contribution in [2.45, 2.75) is 18.9 Å². The summed E-state index contributed by atoms with van der Waals surface area (Å²) < 4.78 is 6.50. The van der Waals surface area contributed by atoms with E-state index < -0.39 is 0 Å². The Kier molecular flexibility index (Phi) is 4.41. The standard InChI is InChI=1S/C13H16BrN5O3/c14-9-6-16-11(17-7-9)22-10-2-1-4-18(8-10)13(21)19-5-3-15-12(19)20/h6-7,10H,1-5,8H2,(H,15,20). The molecule has 0 radical (unpaired) electrons. The number of piperidine rings is 1. The summed E-state index contributed by atoms with van der Waals surface area (Å²) in [6.07, 6.45) is 4.72. The summed E-state index contributed by atoms with van der Waals surface area (Å²) in [5.74, 6) is 0. The lowest BCUT2D eigenvalue weighted by Gasteiger charge is -2.33. The largest absolute Gasteiger partial charge is 0.458 e. The van der Waals surface area contributed by atoms with Gasteiger partial charge in [0.2, 0.25) is 0 Å². The number of likely N-dealkylation sites (tertiary alicyclic amines) is 1. The van der Waals surface area contributed by atoms with Crippen LogP contribution in [-0.4, -0.2) is 64.1 Å². The highest BCUT2D eigenvalue weighted by Gasteiger charge is 2.33. The second kappa shape index (κ2) is 6.47. The number of nitrogens with zero attached hydrogens (tertiary/aromatic N) is 4. The van der Waals surface area contributed by atoms with Crippen LogP contribution in [0.15, 0.2) is 16.9 Å². The van der Waals surface area contributed by atoms with Crippen LogP contribution in [0.25, 0.3) is 0 Å². The maximum atomic E-state index is 12.4. The van der Waals surface area contributed by atoms with E-state index in [0.29, 0.717) is 32.2 Å². The zero-order chi connectivity index (χ0) is 15.5. The Labute approximate surface area is 136 Å². The number of amides is 4. The summed E-state index contributed by atoms with van der Waals surface area (Å²) in [4.78, 5) is 35.0. The smallest absolute Gasteiger partial charge is 0.328 e. The molecule has 0 saturated carbocycles. The van der Waals surface area contributed by atoms with E-state index in [1.54, 1.807) is 17.3 Å². The molecule has 1 aromatic rings. The van der Waals surface area contributed by atoms with Gasteiger partial charge in [-0.25, -0.2) is 24.5 Å². The van der Waals surface area contributed by atoms with Gasteiger partial charge in [-0.05, 0) is 28.8 Å². The molecular formula is C13H16BrN5O3. The van der Waals surface area contributed by atoms with Crippen LogP contribution in [0.5, 0.6) is 6.01 Å². The van der Waals surface area contributed by atoms with Gasteiger partial charge in [-0.1, -0.05) is 0 Å². The zero-order valence-electron chi connectivity index (χ0n) is 11.9. The Hall–Kier alpha value is -1.90. The van der Waals surface area contributed by atoms with Crippen LogP contribution in [0.2, 0.25) is 0 Å². The second-order valence-corrected chi connectivity index (χ2v) is 6.09. The molecule has 2 fully saturated rings. The van der Waals surface area contributed by atoms with Crippen LogP contribution in [-0.2, 0) is 0 Å². The Morgan fingerprint density at radius 2 is 2.14 bits per heavy atom. The molecule has 4 amide bonds. The minimum absolute atomic E-state index is 0.162. The van der Waals surface area contributed by atoms with E-state index in [1.807, 2.05) is 0 Å². The van der Waals surface area contributed by atoms with Gasteiger partial charge in [-0.15, -0.1) is 0 Å². The van der Waals surface area contributed by atoms with Crippen molar-refractivity contribution >= 4 is 28.0 Å². The third-order valence-electron chi connectivity index (χ3n) is 3.61. The molecule has 0 bridgehead atoms. The highest BCUT2D eigenvalue weighted by molar-refractivity contribution is 9.10. The number of nitrogens with one attached hydrogen (secondary N) is 1. The van der Waals surface area contributed by atoms with Gasteiger partial charge in [0.05, 0.1) is 11.0 Å². The van der Waals surface area contributed by atoms with Crippen molar-refractivity contribution in [2.24, 2.45) is 0 Å². The fraction of sp³-hybridized carbons (Fsp3) is 0.538. The van der Waals surface area contributed by atoms with Crippen LogP contribution < -0.4 is 10.1 Å². The summed E-state index contributed by atoms with van der Waals surface area (Å²) in [7, 11) is 0. The Morgan fingerprint density at radius 1 is 1.36 bits per heavy atom. The fourth-order valence-corrected chi connectivity index (χ4v) is 2.75. The lowest BCUT2D eigenvalue weighted by Crippen LogP contribution is -2.50. The molecule has 1 unspecified atom stereocenters. The minimum atomic E-state index is -0.329. The first-order valence-corrected chi connectivity index (χ1v) is 7.91. The molecule has 8 nitrogen and oxygen atoms in total. The molecular weight excluding hydrogens is 354 g/mol. The lowest BCUT2D eigenvalue weighted by atomic mass is 10.1. The van der Waals surface area contributed by atoms with Gasteiger partial charge < -0.3 is 15.0 Å². The van der Waals surface area contributed by atoms with Crippen molar-refractivity contribution in [1.82, 2.24) is 25.1 Å². The summed E-state index contributed by atoms with van der Waals surface area (Å²) >= 11 is 3.27. The van der Waals surface area contributed by atoms with Crippen LogP contribution in [0, 0.1) is 0 Å². The fourth-order valence-electron chi connectivity index (χ4n) is 2.54. The van der Waals surface area contributed by atoms with E-state index in [9.17, 15) is 9.59 Å². The molecule has 118 valence electrons. The average Bonchev–Trinajstić information content (AvgIpc) is 2.95. The molecule has 0 aliphatic carbocycles. The van der Waals surface area contributed by atoms with Crippen molar-refractivity contribution < 1.29 is 14.3 Å². The number of halogens is 1. The first-order chi connectivity index (χ1) is 10.6. The summed E-state index contributed by atoms with van der Waals surface area (Å²) in [6.45, 7) is 1.98. The molecule has 2 aliphatic heterocycles. The Bertz CT molecular complexity index is 567. The summed E-state index contributed by atoms with van der Waals surface area (Å²) in [6, 6.07) is -0.300. The quantitative estimate of drug-likeness (QED) is 0.846. The van der Waals surface area contributed by atoms with Gasteiger partial charge in [0.15, 0.2) is 0 Å². The maximum Gasteiger partial charge on any atom is 0.328 e. The number of carbonyl (C=O) groups excluding carboxylic acids is 2. The summed E-state index contributed by atoms with van der Waals surface area (Å²) in [5.41, 5.74) is 0. The zero-order valence-corrected chi connectivity index (χ0v) is 13.5. The second-order valence-electron chi connectivity index (χ2n) is 5.18. The van der Waals surface area contributed by atoms with Gasteiger partial charge in [-0.2, -0.15) is 0 Å². The average molecular weight is 370 g/mol. The number of rotatable bonds is 2. The van der Waals surface area contributed by atoms with Gasteiger partial charge >= 0.3 is 18.1 Å². The normalized spacial score (nSPS) is 21.7. The first kappa shape index (κ1) is 15.0. The SMILES string of the molecule is O=C1NCCN1C(=O)N1CCCC(Oc2ncc(Br)cn2)C1. The topological polar surface area (TPSA) is 87.7 Å². The molecule has 9 heteroatoms. The van der Waals surface area contributed by atoms with Gasteiger partial charge in [0.25, 0.3) is 0 Å². The predicted octanol–water partition coefficient (Wildman–Crippen LogP) is 1.23. The highest BCUT2D eigenvalue weighted by atomic mass is 79.9. The molecule has 3 rings (SSSR count). The number of urea groups is 2. The van der Waals surface area contributed by atoms with Crippen LogP contribution in [0.1, 0.15) is 12.8 Å². The number of imide groups is 1. The molecule has 1 N–H and O–H groups in total. The number of hydrogen-bond donors (Lipinski definition) is 1. The van der Waals surface area contributed by atoms with Crippen LogP contribution in [0.3, 0.4) is 0 Å². The molecule has 0 aromatic carbocycles. The third-order valence-corrected chi connectivity index (χ3v) is 4.01. The minimum Gasteiger partial charge on any atom is -0.458 e.